The number of rotatable bonds is 8. The summed E-state index contributed by atoms with van der Waals surface area (Å²) in [7, 11) is 1.74. The fourth-order valence-electron chi connectivity index (χ4n) is 2.07. The number of hydrogen-bond acceptors (Lipinski definition) is 4. The van der Waals surface area contributed by atoms with Gasteiger partial charge >= 0.3 is 0 Å². The molecule has 4 heteroatoms. The molecule has 0 aromatic carbocycles. The Hall–Kier alpha value is -0.160. The van der Waals surface area contributed by atoms with Crippen LogP contribution in [0.25, 0.3) is 0 Å². The van der Waals surface area contributed by atoms with E-state index in [2.05, 4.69) is 17.1 Å². The standard InChI is InChI=1S/C12H26N2O2/c1-3-12-11-16-10-8-14(12)7-4-5-13-6-9-15-2/h12-13H,3-11H2,1-2H3. The van der Waals surface area contributed by atoms with Gasteiger partial charge in [0.1, 0.15) is 0 Å². The smallest absolute Gasteiger partial charge is 0.0622 e. The van der Waals surface area contributed by atoms with Gasteiger partial charge in [-0.2, -0.15) is 0 Å². The van der Waals surface area contributed by atoms with Crippen LogP contribution in [0.15, 0.2) is 0 Å². The van der Waals surface area contributed by atoms with E-state index in [1.54, 1.807) is 7.11 Å². The molecule has 1 rings (SSSR count). The first-order valence-corrected chi connectivity index (χ1v) is 6.40. The zero-order chi connectivity index (χ0) is 11.6. The van der Waals surface area contributed by atoms with Gasteiger partial charge in [0.15, 0.2) is 0 Å². The Morgan fingerprint density at radius 3 is 3.06 bits per heavy atom. The Balaban J connectivity index is 2.02. The van der Waals surface area contributed by atoms with Gasteiger partial charge in [0.05, 0.1) is 19.8 Å². The molecular formula is C12H26N2O2. The Morgan fingerprint density at radius 1 is 1.44 bits per heavy atom. The zero-order valence-electron chi connectivity index (χ0n) is 10.7. The van der Waals surface area contributed by atoms with Crippen molar-refractivity contribution in [1.29, 1.82) is 0 Å². The Morgan fingerprint density at radius 2 is 2.31 bits per heavy atom. The van der Waals surface area contributed by atoms with Crippen molar-refractivity contribution < 1.29 is 9.47 Å². The van der Waals surface area contributed by atoms with E-state index >= 15 is 0 Å². The summed E-state index contributed by atoms with van der Waals surface area (Å²) in [5.74, 6) is 0. The van der Waals surface area contributed by atoms with Crippen LogP contribution in [0.2, 0.25) is 0 Å². The summed E-state index contributed by atoms with van der Waals surface area (Å²) in [6.07, 6.45) is 2.40. The zero-order valence-corrected chi connectivity index (χ0v) is 10.7. The quantitative estimate of drug-likeness (QED) is 0.623. The molecule has 16 heavy (non-hydrogen) atoms. The molecule has 4 nitrogen and oxygen atoms in total. The molecule has 96 valence electrons. The minimum atomic E-state index is 0.632. The van der Waals surface area contributed by atoms with Gasteiger partial charge in [-0.3, -0.25) is 4.90 Å². The lowest BCUT2D eigenvalue weighted by molar-refractivity contribution is -0.00887. The first-order chi connectivity index (χ1) is 7.88. The van der Waals surface area contributed by atoms with E-state index in [0.717, 1.165) is 39.5 Å². The summed E-state index contributed by atoms with van der Waals surface area (Å²) < 4.78 is 10.5. The number of methoxy groups -OCH3 is 1. The normalized spacial score (nSPS) is 22.5. The molecule has 0 radical (unpaired) electrons. The van der Waals surface area contributed by atoms with Gasteiger partial charge in [-0.05, 0) is 25.9 Å². The van der Waals surface area contributed by atoms with E-state index < -0.39 is 0 Å². The van der Waals surface area contributed by atoms with Gasteiger partial charge in [0.2, 0.25) is 0 Å². The molecule has 1 aliphatic heterocycles. The number of ether oxygens (including phenoxy) is 2. The van der Waals surface area contributed by atoms with Crippen LogP contribution in [0.3, 0.4) is 0 Å². The molecular weight excluding hydrogens is 204 g/mol. The highest BCUT2D eigenvalue weighted by Gasteiger charge is 2.20. The first-order valence-electron chi connectivity index (χ1n) is 6.40. The van der Waals surface area contributed by atoms with Crippen LogP contribution in [0.5, 0.6) is 0 Å². The van der Waals surface area contributed by atoms with Crippen molar-refractivity contribution in [3.05, 3.63) is 0 Å². The van der Waals surface area contributed by atoms with Crippen molar-refractivity contribution >= 4 is 0 Å². The highest BCUT2D eigenvalue weighted by molar-refractivity contribution is 4.73. The van der Waals surface area contributed by atoms with Gasteiger partial charge in [-0.15, -0.1) is 0 Å². The van der Waals surface area contributed by atoms with Gasteiger partial charge in [0, 0.05) is 26.2 Å². The third kappa shape index (κ3) is 5.25. The SMILES string of the molecule is CCC1COCCN1CCCNCCOC. The molecule has 0 aromatic rings. The fourth-order valence-corrected chi connectivity index (χ4v) is 2.07. The van der Waals surface area contributed by atoms with Crippen LogP contribution in [0, 0.1) is 0 Å². The second kappa shape index (κ2) is 8.93. The van der Waals surface area contributed by atoms with E-state index in [1.807, 2.05) is 0 Å². The molecule has 1 unspecified atom stereocenters. The lowest BCUT2D eigenvalue weighted by atomic mass is 10.1. The summed E-state index contributed by atoms with van der Waals surface area (Å²) in [6, 6.07) is 0.632. The third-order valence-electron chi connectivity index (χ3n) is 3.10. The molecule has 1 saturated heterocycles. The number of nitrogens with zero attached hydrogens (tertiary/aromatic N) is 1. The number of morpholine rings is 1. The third-order valence-corrected chi connectivity index (χ3v) is 3.10. The van der Waals surface area contributed by atoms with Crippen molar-refractivity contribution in [2.75, 3.05) is 53.1 Å². The molecule has 0 aliphatic carbocycles. The second-order valence-electron chi connectivity index (χ2n) is 4.27. The molecule has 1 heterocycles. The van der Waals surface area contributed by atoms with E-state index in [-0.39, 0.29) is 0 Å². The molecule has 1 aliphatic rings. The Kier molecular flexibility index (Phi) is 7.76. The molecule has 1 fully saturated rings. The maximum Gasteiger partial charge on any atom is 0.0622 e. The van der Waals surface area contributed by atoms with Crippen LogP contribution in [0.4, 0.5) is 0 Å². The van der Waals surface area contributed by atoms with Crippen molar-refractivity contribution in [3.8, 4) is 0 Å². The number of nitrogens with one attached hydrogen (secondary N) is 1. The molecule has 0 spiro atoms. The Labute approximate surface area is 99.3 Å². The maximum absolute atomic E-state index is 5.49. The average molecular weight is 230 g/mol. The monoisotopic (exact) mass is 230 g/mol. The van der Waals surface area contributed by atoms with Crippen LogP contribution in [-0.2, 0) is 9.47 Å². The maximum atomic E-state index is 5.49. The van der Waals surface area contributed by atoms with E-state index in [4.69, 9.17) is 9.47 Å². The van der Waals surface area contributed by atoms with Crippen molar-refractivity contribution in [2.24, 2.45) is 0 Å². The van der Waals surface area contributed by atoms with Crippen LogP contribution in [-0.4, -0.2) is 64.1 Å². The molecule has 0 bridgehead atoms. The van der Waals surface area contributed by atoms with Crippen LogP contribution >= 0.6 is 0 Å². The largest absolute Gasteiger partial charge is 0.383 e. The lowest BCUT2D eigenvalue weighted by Gasteiger charge is -2.35. The summed E-state index contributed by atoms with van der Waals surface area (Å²) in [5.41, 5.74) is 0. The van der Waals surface area contributed by atoms with Gasteiger partial charge in [-0.25, -0.2) is 0 Å². The first kappa shape index (κ1) is 13.9. The van der Waals surface area contributed by atoms with Gasteiger partial charge < -0.3 is 14.8 Å². The highest BCUT2D eigenvalue weighted by atomic mass is 16.5. The van der Waals surface area contributed by atoms with E-state index in [0.29, 0.717) is 6.04 Å². The summed E-state index contributed by atoms with van der Waals surface area (Å²) in [5, 5.41) is 3.38. The van der Waals surface area contributed by atoms with Crippen LogP contribution < -0.4 is 5.32 Å². The molecule has 0 amide bonds. The highest BCUT2D eigenvalue weighted by Crippen LogP contribution is 2.10. The van der Waals surface area contributed by atoms with Crippen molar-refractivity contribution in [1.82, 2.24) is 10.2 Å². The fraction of sp³-hybridized carbons (Fsp3) is 1.00. The molecule has 1 atom stereocenters. The minimum absolute atomic E-state index is 0.632. The van der Waals surface area contributed by atoms with E-state index in [1.165, 1.54) is 19.4 Å². The summed E-state index contributed by atoms with van der Waals surface area (Å²) >= 11 is 0. The topological polar surface area (TPSA) is 33.7 Å². The second-order valence-corrected chi connectivity index (χ2v) is 4.27. The Bertz CT molecular complexity index is 167. The van der Waals surface area contributed by atoms with Crippen molar-refractivity contribution in [3.63, 3.8) is 0 Å². The lowest BCUT2D eigenvalue weighted by Crippen LogP contribution is -2.45. The minimum Gasteiger partial charge on any atom is -0.383 e. The summed E-state index contributed by atoms with van der Waals surface area (Å²) in [4.78, 5) is 2.56. The number of hydrogen-bond donors (Lipinski definition) is 1. The average Bonchev–Trinajstić information content (AvgIpc) is 2.34. The molecule has 1 N–H and O–H groups in total. The predicted octanol–water partition coefficient (Wildman–Crippen LogP) is 0.723. The molecule has 0 aromatic heterocycles. The van der Waals surface area contributed by atoms with Crippen LogP contribution in [0.1, 0.15) is 19.8 Å². The summed E-state index contributed by atoms with van der Waals surface area (Å²) in [6.45, 7) is 9.16. The predicted molar refractivity (Wildman–Crippen MR) is 65.8 cm³/mol. The van der Waals surface area contributed by atoms with E-state index in [9.17, 15) is 0 Å². The van der Waals surface area contributed by atoms with Gasteiger partial charge in [-0.1, -0.05) is 6.92 Å². The van der Waals surface area contributed by atoms with Crippen molar-refractivity contribution in [2.45, 2.75) is 25.8 Å². The van der Waals surface area contributed by atoms with Gasteiger partial charge in [0.25, 0.3) is 0 Å². The molecule has 0 saturated carbocycles.